The molecule has 0 aliphatic heterocycles. The Hall–Kier alpha value is -0.870. The van der Waals surface area contributed by atoms with E-state index < -0.39 is 5.60 Å². The second-order valence-electron chi connectivity index (χ2n) is 3.72. The summed E-state index contributed by atoms with van der Waals surface area (Å²) < 4.78 is 1.83. The maximum absolute atomic E-state index is 10.2. The van der Waals surface area contributed by atoms with Gasteiger partial charge < -0.3 is 10.8 Å². The number of aromatic nitrogens is 2. The van der Waals surface area contributed by atoms with Crippen LogP contribution >= 0.6 is 0 Å². The van der Waals surface area contributed by atoms with Crippen LogP contribution in [0.25, 0.3) is 0 Å². The van der Waals surface area contributed by atoms with Crippen LogP contribution in [0, 0.1) is 0 Å². The molecule has 1 atom stereocenters. The molecular weight excluding hydrogens is 166 g/mol. The number of nitrogens with two attached hydrogens (primary N) is 1. The van der Waals surface area contributed by atoms with Crippen LogP contribution in [0.1, 0.15) is 24.1 Å². The lowest BCUT2D eigenvalue weighted by atomic mass is 9.83. The topological polar surface area (TPSA) is 64.1 Å². The zero-order chi connectivity index (χ0) is 9.47. The predicted molar refractivity (Wildman–Crippen MR) is 49.1 cm³/mol. The van der Waals surface area contributed by atoms with Crippen molar-refractivity contribution in [1.82, 2.24) is 9.78 Å². The van der Waals surface area contributed by atoms with E-state index in [2.05, 4.69) is 5.10 Å². The molecule has 1 unspecified atom stereocenters. The highest BCUT2D eigenvalue weighted by Gasteiger charge is 2.35. The number of fused-ring (bicyclic) bond motifs is 1. The van der Waals surface area contributed by atoms with Gasteiger partial charge in [0.15, 0.2) is 0 Å². The summed E-state index contributed by atoms with van der Waals surface area (Å²) in [6.07, 6.45) is 4.47. The Balaban J connectivity index is 2.49. The van der Waals surface area contributed by atoms with Crippen LogP contribution in [0.5, 0.6) is 0 Å². The second-order valence-corrected chi connectivity index (χ2v) is 3.72. The number of aliphatic hydroxyl groups is 1. The zero-order valence-corrected chi connectivity index (χ0v) is 7.82. The number of hydrogen-bond donors (Lipinski definition) is 2. The Morgan fingerprint density at radius 1 is 1.77 bits per heavy atom. The van der Waals surface area contributed by atoms with E-state index in [1.165, 1.54) is 0 Å². The van der Waals surface area contributed by atoms with Crippen LogP contribution in [0.15, 0.2) is 6.20 Å². The highest BCUT2D eigenvalue weighted by molar-refractivity contribution is 5.28. The Bertz CT molecular complexity index is 321. The van der Waals surface area contributed by atoms with Gasteiger partial charge in [0.05, 0.1) is 6.20 Å². The van der Waals surface area contributed by atoms with Crippen molar-refractivity contribution in [2.45, 2.75) is 24.9 Å². The van der Waals surface area contributed by atoms with Gasteiger partial charge in [0.2, 0.25) is 0 Å². The van der Waals surface area contributed by atoms with Crippen LogP contribution in [-0.4, -0.2) is 21.4 Å². The third kappa shape index (κ3) is 1.17. The van der Waals surface area contributed by atoms with E-state index in [9.17, 15) is 5.11 Å². The van der Waals surface area contributed by atoms with Gasteiger partial charge in [-0.2, -0.15) is 5.10 Å². The van der Waals surface area contributed by atoms with Gasteiger partial charge in [-0.25, -0.2) is 0 Å². The average Bonchev–Trinajstić information content (AvgIpc) is 2.50. The van der Waals surface area contributed by atoms with Crippen LogP contribution in [0.4, 0.5) is 0 Å². The molecule has 3 N–H and O–H groups in total. The van der Waals surface area contributed by atoms with E-state index in [0.29, 0.717) is 0 Å². The number of aryl methyl sites for hydroxylation is 1. The standard InChI is InChI=1S/C9H15N3O/c1-12-8-3-2-4-9(13,6-10)7(8)5-11-12/h5,13H,2-4,6,10H2,1H3. The first-order valence-corrected chi connectivity index (χ1v) is 4.61. The lowest BCUT2D eigenvalue weighted by Gasteiger charge is -2.30. The average molecular weight is 181 g/mol. The first kappa shape index (κ1) is 8.72. The Kier molecular flexibility index (Phi) is 1.89. The minimum atomic E-state index is -0.832. The molecule has 0 aromatic carbocycles. The first-order chi connectivity index (χ1) is 6.17. The first-order valence-electron chi connectivity index (χ1n) is 4.61. The number of nitrogens with zero attached hydrogens (tertiary/aromatic N) is 2. The van der Waals surface area contributed by atoms with Gasteiger partial charge in [-0.15, -0.1) is 0 Å². The molecule has 72 valence electrons. The summed E-state index contributed by atoms with van der Waals surface area (Å²) in [4.78, 5) is 0. The van der Waals surface area contributed by atoms with E-state index >= 15 is 0 Å². The zero-order valence-electron chi connectivity index (χ0n) is 7.82. The van der Waals surface area contributed by atoms with E-state index in [4.69, 9.17) is 5.73 Å². The summed E-state index contributed by atoms with van der Waals surface area (Å²) in [5, 5.41) is 14.3. The quantitative estimate of drug-likeness (QED) is 0.636. The third-order valence-corrected chi connectivity index (χ3v) is 2.90. The molecule has 2 rings (SSSR count). The lowest BCUT2D eigenvalue weighted by Crippen LogP contribution is -2.38. The molecule has 0 saturated carbocycles. The second kappa shape index (κ2) is 2.82. The molecule has 13 heavy (non-hydrogen) atoms. The molecule has 1 aromatic rings. The highest BCUT2D eigenvalue weighted by atomic mass is 16.3. The van der Waals surface area contributed by atoms with Crippen molar-refractivity contribution in [3.63, 3.8) is 0 Å². The molecule has 0 radical (unpaired) electrons. The van der Waals surface area contributed by atoms with E-state index in [0.717, 1.165) is 30.5 Å². The minimum absolute atomic E-state index is 0.283. The molecule has 0 fully saturated rings. The molecule has 1 heterocycles. The normalized spacial score (nSPS) is 27.3. The van der Waals surface area contributed by atoms with Gasteiger partial charge in [-0.1, -0.05) is 0 Å². The molecular formula is C9H15N3O. The minimum Gasteiger partial charge on any atom is -0.384 e. The van der Waals surface area contributed by atoms with Crippen molar-refractivity contribution in [3.8, 4) is 0 Å². The Labute approximate surface area is 77.4 Å². The summed E-state index contributed by atoms with van der Waals surface area (Å²) >= 11 is 0. The summed E-state index contributed by atoms with van der Waals surface area (Å²) in [6.45, 7) is 0.283. The fourth-order valence-electron chi connectivity index (χ4n) is 2.04. The molecule has 0 saturated heterocycles. The molecule has 0 spiro atoms. The summed E-state index contributed by atoms with van der Waals surface area (Å²) in [6, 6.07) is 0. The van der Waals surface area contributed by atoms with E-state index in [1.54, 1.807) is 6.20 Å². The molecule has 0 bridgehead atoms. The SMILES string of the molecule is Cn1ncc2c1CCCC2(O)CN. The molecule has 0 amide bonds. The predicted octanol–water partition coefficient (Wildman–Crippen LogP) is -0.0973. The fraction of sp³-hybridized carbons (Fsp3) is 0.667. The smallest absolute Gasteiger partial charge is 0.105 e. The van der Waals surface area contributed by atoms with Crippen molar-refractivity contribution < 1.29 is 5.11 Å². The molecule has 4 nitrogen and oxygen atoms in total. The van der Waals surface area contributed by atoms with E-state index in [1.807, 2.05) is 11.7 Å². The molecule has 1 aromatic heterocycles. The van der Waals surface area contributed by atoms with Gasteiger partial charge in [0, 0.05) is 24.8 Å². The van der Waals surface area contributed by atoms with Gasteiger partial charge in [0.1, 0.15) is 5.60 Å². The molecule has 4 heteroatoms. The summed E-state index contributed by atoms with van der Waals surface area (Å²) in [7, 11) is 1.90. The van der Waals surface area contributed by atoms with Crippen molar-refractivity contribution >= 4 is 0 Å². The molecule has 1 aliphatic rings. The van der Waals surface area contributed by atoms with Crippen molar-refractivity contribution in [2.75, 3.05) is 6.54 Å². The van der Waals surface area contributed by atoms with Crippen LogP contribution < -0.4 is 5.73 Å². The van der Waals surface area contributed by atoms with Crippen LogP contribution in [0.3, 0.4) is 0 Å². The number of rotatable bonds is 1. The fourth-order valence-corrected chi connectivity index (χ4v) is 2.04. The van der Waals surface area contributed by atoms with Crippen molar-refractivity contribution in [3.05, 3.63) is 17.5 Å². The highest BCUT2D eigenvalue weighted by Crippen LogP contribution is 2.33. The third-order valence-electron chi connectivity index (χ3n) is 2.90. The summed E-state index contributed by atoms with van der Waals surface area (Å²) in [5.74, 6) is 0. The van der Waals surface area contributed by atoms with Gasteiger partial charge in [-0.05, 0) is 19.3 Å². The monoisotopic (exact) mass is 181 g/mol. The van der Waals surface area contributed by atoms with Crippen LogP contribution in [-0.2, 0) is 19.1 Å². The maximum atomic E-state index is 10.2. The van der Waals surface area contributed by atoms with Gasteiger partial charge >= 0.3 is 0 Å². The Morgan fingerprint density at radius 3 is 3.23 bits per heavy atom. The summed E-state index contributed by atoms with van der Waals surface area (Å²) in [5.41, 5.74) is 6.79. The lowest BCUT2D eigenvalue weighted by molar-refractivity contribution is 0.0275. The van der Waals surface area contributed by atoms with Crippen LogP contribution in [0.2, 0.25) is 0 Å². The van der Waals surface area contributed by atoms with Gasteiger partial charge in [0.25, 0.3) is 0 Å². The molecule has 1 aliphatic carbocycles. The van der Waals surface area contributed by atoms with Crippen molar-refractivity contribution in [2.24, 2.45) is 12.8 Å². The van der Waals surface area contributed by atoms with Gasteiger partial charge in [-0.3, -0.25) is 4.68 Å². The Morgan fingerprint density at radius 2 is 2.54 bits per heavy atom. The number of hydrogen-bond acceptors (Lipinski definition) is 3. The van der Waals surface area contributed by atoms with Crippen molar-refractivity contribution in [1.29, 1.82) is 0 Å². The maximum Gasteiger partial charge on any atom is 0.105 e. The van der Waals surface area contributed by atoms with E-state index in [-0.39, 0.29) is 6.54 Å². The largest absolute Gasteiger partial charge is 0.384 e.